The van der Waals surface area contributed by atoms with Crippen molar-refractivity contribution in [2.24, 2.45) is 0 Å². The van der Waals surface area contributed by atoms with Gasteiger partial charge in [-0.15, -0.1) is 0 Å². The normalized spacial score (nSPS) is 10.3. The number of hydrogen-bond donors (Lipinski definition) is 4. The number of ether oxygens (including phenoxy) is 2. The molecule has 32 heavy (non-hydrogen) atoms. The van der Waals surface area contributed by atoms with E-state index >= 15 is 0 Å². The molecule has 0 aliphatic carbocycles. The fourth-order valence-corrected chi connectivity index (χ4v) is 2.67. The van der Waals surface area contributed by atoms with Gasteiger partial charge in [-0.2, -0.15) is 0 Å². The molecule has 5 N–H and O–H groups in total. The van der Waals surface area contributed by atoms with Crippen LogP contribution in [0.1, 0.15) is 30.1 Å². The summed E-state index contributed by atoms with van der Waals surface area (Å²) in [6.07, 6.45) is 0.687. The monoisotopic (exact) mass is 488 g/mol. The van der Waals surface area contributed by atoms with Gasteiger partial charge < -0.3 is 38.6 Å². The predicted molar refractivity (Wildman–Crippen MR) is 132 cm³/mol. The van der Waals surface area contributed by atoms with E-state index in [1.54, 1.807) is 31.4 Å². The molecule has 9 heteroatoms. The van der Waals surface area contributed by atoms with Crippen LogP contribution in [0.25, 0.3) is 5.70 Å². The van der Waals surface area contributed by atoms with Crippen LogP contribution in [0.4, 0.5) is 26.2 Å². The molecule has 0 aliphatic rings. The van der Waals surface area contributed by atoms with E-state index in [2.05, 4.69) is 22.5 Å². The van der Waals surface area contributed by atoms with Gasteiger partial charge in [0.05, 0.1) is 18.3 Å². The number of rotatable bonds is 9. The van der Waals surface area contributed by atoms with E-state index in [-0.39, 0.29) is 53.1 Å². The predicted octanol–water partition coefficient (Wildman–Crippen LogP) is 5.62. The van der Waals surface area contributed by atoms with Crippen molar-refractivity contribution in [1.29, 1.82) is 0 Å². The summed E-state index contributed by atoms with van der Waals surface area (Å²) in [6, 6.07) is 9.41. The van der Waals surface area contributed by atoms with E-state index < -0.39 is 5.82 Å². The Morgan fingerprint density at radius 2 is 1.72 bits per heavy atom. The second-order valence-corrected chi connectivity index (χ2v) is 7.35. The van der Waals surface area contributed by atoms with E-state index in [9.17, 15) is 9.18 Å². The molecular formula is C23H38FN4O3V-. The van der Waals surface area contributed by atoms with Gasteiger partial charge in [-0.3, -0.25) is 0 Å². The maximum absolute atomic E-state index is 14.3. The zero-order chi connectivity index (χ0) is 22.3. The van der Waals surface area contributed by atoms with Gasteiger partial charge in [0.1, 0.15) is 11.6 Å². The molecule has 2 aromatic rings. The Balaban J connectivity index is -0.000000961. The molecule has 0 unspecified atom stereocenters. The van der Waals surface area contributed by atoms with Crippen molar-refractivity contribution >= 4 is 28.8 Å². The van der Waals surface area contributed by atoms with Gasteiger partial charge in [0, 0.05) is 71.4 Å². The van der Waals surface area contributed by atoms with Gasteiger partial charge in [0.15, 0.2) is 0 Å². The SMILES string of the molecule is C=C(Nc1ccc(NC(=O)NCCC(C)(C)OC)cc1)c1c(N)cc(OC)cc1F.[CH3-].[HH].[HH].[HH].[V]. The van der Waals surface area contributed by atoms with E-state index in [0.717, 1.165) is 0 Å². The molecule has 0 saturated carbocycles. The standard InChI is InChI=1S/C22H29FN4O3.CH3.V.3H2/c1-14(20-18(23)12-17(29-4)13-19(20)24)26-15-6-8-16(9-7-15)27-21(28)25-11-10-22(2,3)30-5;;;;;/h6-9,12-13,26H,1,10-11,24H2,2-5H3,(H2,25,27,28);1H3;;3*1H/q;-1;;;;. The quantitative estimate of drug-likeness (QED) is 0.271. The summed E-state index contributed by atoms with van der Waals surface area (Å²) >= 11 is 0. The van der Waals surface area contributed by atoms with E-state index in [4.69, 9.17) is 15.2 Å². The van der Waals surface area contributed by atoms with Crippen LogP contribution in [0, 0.1) is 13.2 Å². The smallest absolute Gasteiger partial charge is 0.319 e. The first-order valence-electron chi connectivity index (χ1n) is 9.44. The van der Waals surface area contributed by atoms with Gasteiger partial charge in [0.2, 0.25) is 0 Å². The van der Waals surface area contributed by atoms with Crippen molar-refractivity contribution in [3.63, 3.8) is 0 Å². The Labute approximate surface area is 206 Å². The van der Waals surface area contributed by atoms with Crippen LogP contribution in [-0.4, -0.2) is 32.4 Å². The van der Waals surface area contributed by atoms with Crippen molar-refractivity contribution in [3.8, 4) is 5.75 Å². The zero-order valence-corrected chi connectivity index (χ0v) is 20.6. The summed E-state index contributed by atoms with van der Waals surface area (Å²) in [4.78, 5) is 12.0. The van der Waals surface area contributed by atoms with Crippen LogP contribution >= 0.6 is 0 Å². The molecule has 181 valence electrons. The number of carbonyl (C=O) groups excluding carboxylic acids is 1. The third-order valence-electron chi connectivity index (χ3n) is 4.63. The van der Waals surface area contributed by atoms with Crippen molar-refractivity contribution in [1.82, 2.24) is 5.32 Å². The van der Waals surface area contributed by atoms with Crippen molar-refractivity contribution in [2.75, 3.05) is 37.1 Å². The van der Waals surface area contributed by atoms with E-state index in [1.807, 2.05) is 13.8 Å². The molecule has 1 radical (unpaired) electrons. The molecule has 0 saturated heterocycles. The van der Waals surface area contributed by atoms with Crippen LogP contribution in [0.5, 0.6) is 5.75 Å². The fourth-order valence-electron chi connectivity index (χ4n) is 2.67. The van der Waals surface area contributed by atoms with Gasteiger partial charge in [0.25, 0.3) is 0 Å². The largest absolute Gasteiger partial charge is 0.497 e. The first-order valence-corrected chi connectivity index (χ1v) is 9.44. The van der Waals surface area contributed by atoms with Crippen molar-refractivity contribution < 1.29 is 41.5 Å². The number of amides is 2. The average molecular weight is 489 g/mol. The number of nitrogen functional groups attached to an aromatic ring is 1. The zero-order valence-electron chi connectivity index (χ0n) is 19.2. The molecule has 2 aromatic carbocycles. The number of carbonyl (C=O) groups is 1. The van der Waals surface area contributed by atoms with Gasteiger partial charge >= 0.3 is 6.03 Å². The topological polar surface area (TPSA) is 97.6 Å². The first kappa shape index (κ1) is 29.3. The summed E-state index contributed by atoms with van der Waals surface area (Å²) in [6.45, 7) is 8.27. The Morgan fingerprint density at radius 3 is 2.22 bits per heavy atom. The van der Waals surface area contributed by atoms with Gasteiger partial charge in [-0.25, -0.2) is 9.18 Å². The van der Waals surface area contributed by atoms with E-state index in [1.165, 1.54) is 19.2 Å². The Bertz CT molecular complexity index is 896. The minimum atomic E-state index is -0.532. The summed E-state index contributed by atoms with van der Waals surface area (Å²) in [5, 5.41) is 8.56. The molecule has 0 bridgehead atoms. The summed E-state index contributed by atoms with van der Waals surface area (Å²) in [7, 11) is 3.08. The number of nitrogens with one attached hydrogen (secondary N) is 3. The van der Waals surface area contributed by atoms with Crippen molar-refractivity contribution in [2.45, 2.75) is 25.9 Å². The fraction of sp³-hybridized carbons (Fsp3) is 0.304. The molecule has 0 aliphatic heterocycles. The Hall–Kier alpha value is -2.68. The minimum absolute atomic E-state index is 0. The number of hydrogen-bond acceptors (Lipinski definition) is 5. The molecule has 0 heterocycles. The molecule has 2 amide bonds. The third kappa shape index (κ3) is 8.45. The van der Waals surface area contributed by atoms with Gasteiger partial charge in [-0.1, -0.05) is 6.58 Å². The number of anilines is 3. The third-order valence-corrected chi connectivity index (χ3v) is 4.63. The molecule has 0 aromatic heterocycles. The second kappa shape index (κ2) is 13.0. The van der Waals surface area contributed by atoms with Crippen LogP contribution in [-0.2, 0) is 23.3 Å². The van der Waals surface area contributed by atoms with Crippen LogP contribution in [0.2, 0.25) is 0 Å². The van der Waals surface area contributed by atoms with Crippen LogP contribution in [0.3, 0.4) is 0 Å². The molecule has 0 fully saturated rings. The van der Waals surface area contributed by atoms with Crippen molar-refractivity contribution in [3.05, 3.63) is 61.8 Å². The molecular weight excluding hydrogens is 450 g/mol. The number of nitrogens with two attached hydrogens (primary N) is 1. The minimum Gasteiger partial charge on any atom is -0.497 e. The number of benzene rings is 2. The Kier molecular flexibility index (Phi) is 11.9. The maximum atomic E-state index is 14.3. The summed E-state index contributed by atoms with van der Waals surface area (Å²) in [5.41, 5.74) is 7.62. The first-order chi connectivity index (χ1) is 14.1. The van der Waals surface area contributed by atoms with Crippen LogP contribution < -0.4 is 26.4 Å². The Morgan fingerprint density at radius 1 is 1.16 bits per heavy atom. The van der Waals surface area contributed by atoms with Crippen LogP contribution in [0.15, 0.2) is 43.0 Å². The van der Waals surface area contributed by atoms with Gasteiger partial charge in [-0.05, 0) is 44.5 Å². The maximum Gasteiger partial charge on any atom is 0.319 e. The average Bonchev–Trinajstić information content (AvgIpc) is 2.68. The number of halogens is 1. The number of methoxy groups -OCH3 is 2. The molecule has 0 atom stereocenters. The second-order valence-electron chi connectivity index (χ2n) is 7.35. The summed E-state index contributed by atoms with van der Waals surface area (Å²) in [5.74, 6) is -0.197. The number of urea groups is 1. The molecule has 2 rings (SSSR count). The molecule has 7 nitrogen and oxygen atoms in total. The molecule has 0 spiro atoms. The summed E-state index contributed by atoms with van der Waals surface area (Å²) < 4.78 is 24.7. The van der Waals surface area contributed by atoms with E-state index in [0.29, 0.717) is 35.8 Å².